The summed E-state index contributed by atoms with van der Waals surface area (Å²) in [5, 5.41) is 8.59. The Hall–Kier alpha value is -0.690. The van der Waals surface area contributed by atoms with Gasteiger partial charge in [0.15, 0.2) is 0 Å². The second kappa shape index (κ2) is 15.8. The Bertz CT molecular complexity index is 293. The van der Waals surface area contributed by atoms with Crippen molar-refractivity contribution in [3.8, 4) is 0 Å². The first-order valence-electron chi connectivity index (χ1n) is 9.06. The summed E-state index contributed by atoms with van der Waals surface area (Å²) in [5.74, 6) is -0.140. The lowest BCUT2D eigenvalue weighted by Gasteiger charge is -2.20. The summed E-state index contributed by atoms with van der Waals surface area (Å²) in [6.45, 7) is 10.2. The lowest BCUT2D eigenvalue weighted by Crippen LogP contribution is -2.26. The summed E-state index contributed by atoms with van der Waals surface area (Å²) in [7, 11) is 0. The van der Waals surface area contributed by atoms with Crippen LogP contribution in [0.3, 0.4) is 0 Å². The molecular formula is C18H36O6. The Balaban J connectivity index is 3.19. The molecule has 0 aliphatic heterocycles. The van der Waals surface area contributed by atoms with Gasteiger partial charge in [-0.05, 0) is 39.5 Å². The van der Waals surface area contributed by atoms with Crippen LogP contribution in [0.4, 0.5) is 0 Å². The summed E-state index contributed by atoms with van der Waals surface area (Å²) >= 11 is 0. The minimum absolute atomic E-state index is 0.140. The summed E-state index contributed by atoms with van der Waals surface area (Å²) in [5.41, 5.74) is -0.401. The van der Waals surface area contributed by atoms with Crippen LogP contribution in [0.5, 0.6) is 0 Å². The minimum atomic E-state index is -0.401. The highest BCUT2D eigenvalue weighted by molar-refractivity contribution is 5.75. The number of hydrogen-bond donors (Lipinski definition) is 1. The molecule has 0 rings (SSSR count). The normalized spacial score (nSPS) is 11.7. The highest BCUT2D eigenvalue weighted by Gasteiger charge is 2.26. The van der Waals surface area contributed by atoms with Crippen molar-refractivity contribution < 1.29 is 28.8 Å². The van der Waals surface area contributed by atoms with Crippen molar-refractivity contribution in [2.75, 3.05) is 52.9 Å². The maximum atomic E-state index is 11.7. The molecule has 0 bridgehead atoms. The molecule has 0 spiro atoms. The third-order valence-electron chi connectivity index (χ3n) is 3.70. The summed E-state index contributed by atoms with van der Waals surface area (Å²) in [6, 6.07) is 0. The van der Waals surface area contributed by atoms with Gasteiger partial charge in [0.2, 0.25) is 0 Å². The molecule has 0 aromatic rings. The van der Waals surface area contributed by atoms with Gasteiger partial charge in [-0.2, -0.15) is 0 Å². The van der Waals surface area contributed by atoms with Crippen molar-refractivity contribution in [3.63, 3.8) is 0 Å². The molecule has 0 aromatic carbocycles. The second-order valence-corrected chi connectivity index (χ2v) is 6.35. The van der Waals surface area contributed by atoms with E-state index in [1.54, 1.807) is 0 Å². The molecular weight excluding hydrogens is 312 g/mol. The van der Waals surface area contributed by atoms with E-state index in [1.165, 1.54) is 0 Å². The van der Waals surface area contributed by atoms with Crippen LogP contribution in [0.1, 0.15) is 52.9 Å². The van der Waals surface area contributed by atoms with Crippen LogP contribution < -0.4 is 0 Å². The number of rotatable bonds is 17. The highest BCUT2D eigenvalue weighted by atomic mass is 16.5. The van der Waals surface area contributed by atoms with Crippen LogP contribution in [0.2, 0.25) is 0 Å². The Kier molecular flexibility index (Phi) is 15.4. The molecule has 0 aromatic heterocycles. The summed E-state index contributed by atoms with van der Waals surface area (Å²) in [4.78, 5) is 11.7. The van der Waals surface area contributed by atoms with E-state index < -0.39 is 5.41 Å². The molecule has 0 saturated carbocycles. The van der Waals surface area contributed by atoms with E-state index in [0.717, 1.165) is 25.7 Å². The quantitative estimate of drug-likeness (QED) is 0.322. The van der Waals surface area contributed by atoms with Crippen molar-refractivity contribution in [2.24, 2.45) is 5.41 Å². The molecule has 6 nitrogen and oxygen atoms in total. The average Bonchev–Trinajstić information content (AvgIpc) is 2.58. The molecule has 0 fully saturated rings. The van der Waals surface area contributed by atoms with Crippen LogP contribution in [0.25, 0.3) is 0 Å². The fourth-order valence-corrected chi connectivity index (χ4v) is 1.66. The van der Waals surface area contributed by atoms with Crippen molar-refractivity contribution in [3.05, 3.63) is 0 Å². The van der Waals surface area contributed by atoms with Gasteiger partial charge in [0, 0.05) is 52.7 Å². The molecule has 0 saturated heterocycles. The van der Waals surface area contributed by atoms with Gasteiger partial charge >= 0.3 is 5.97 Å². The summed E-state index contributed by atoms with van der Waals surface area (Å²) in [6.07, 6.45) is 3.90. The van der Waals surface area contributed by atoms with Crippen molar-refractivity contribution in [2.45, 2.75) is 52.9 Å². The predicted octanol–water partition coefficient (Wildman–Crippen LogP) is 2.57. The molecule has 0 atom stereocenters. The van der Waals surface area contributed by atoms with Crippen molar-refractivity contribution >= 4 is 5.97 Å². The van der Waals surface area contributed by atoms with E-state index in [9.17, 15) is 4.79 Å². The fraction of sp³-hybridized carbons (Fsp3) is 0.944. The smallest absolute Gasteiger partial charge is 0.311 e. The number of esters is 1. The Labute approximate surface area is 146 Å². The lowest BCUT2D eigenvalue weighted by atomic mass is 9.91. The Morgan fingerprint density at radius 1 is 0.792 bits per heavy atom. The van der Waals surface area contributed by atoms with Crippen molar-refractivity contribution in [1.82, 2.24) is 0 Å². The Morgan fingerprint density at radius 2 is 1.21 bits per heavy atom. The fourth-order valence-electron chi connectivity index (χ4n) is 1.66. The molecule has 144 valence electrons. The maximum Gasteiger partial charge on any atom is 0.311 e. The lowest BCUT2D eigenvalue weighted by molar-refractivity contribution is -0.154. The zero-order valence-electron chi connectivity index (χ0n) is 15.7. The van der Waals surface area contributed by atoms with E-state index in [2.05, 4.69) is 0 Å². The number of aliphatic hydroxyl groups excluding tert-OH is 1. The third kappa shape index (κ3) is 13.7. The van der Waals surface area contributed by atoms with Gasteiger partial charge in [-0.25, -0.2) is 0 Å². The monoisotopic (exact) mass is 348 g/mol. The van der Waals surface area contributed by atoms with E-state index in [1.807, 2.05) is 20.8 Å². The molecule has 0 unspecified atom stereocenters. The number of aliphatic hydroxyl groups is 1. The molecule has 6 heteroatoms. The molecule has 0 amide bonds. The Morgan fingerprint density at radius 3 is 1.62 bits per heavy atom. The zero-order chi connectivity index (χ0) is 18.1. The van der Waals surface area contributed by atoms with E-state index in [4.69, 9.17) is 24.1 Å². The summed E-state index contributed by atoms with van der Waals surface area (Å²) < 4.78 is 21.5. The van der Waals surface area contributed by atoms with Crippen LogP contribution in [-0.2, 0) is 23.7 Å². The molecule has 0 aliphatic carbocycles. The van der Waals surface area contributed by atoms with Crippen LogP contribution in [0, 0.1) is 5.41 Å². The largest absolute Gasteiger partial charge is 0.465 e. The molecule has 0 aliphatic rings. The zero-order valence-corrected chi connectivity index (χ0v) is 15.7. The van der Waals surface area contributed by atoms with Gasteiger partial charge < -0.3 is 24.1 Å². The molecule has 0 radical (unpaired) electrons. The number of ether oxygens (including phenoxy) is 4. The maximum absolute atomic E-state index is 11.7. The SMILES string of the molecule is CCC(C)(C)C(=O)OCCCOCCCOCCCOCCCO. The van der Waals surface area contributed by atoms with E-state index >= 15 is 0 Å². The first kappa shape index (κ1) is 23.3. The second-order valence-electron chi connectivity index (χ2n) is 6.35. The first-order valence-corrected chi connectivity index (χ1v) is 9.06. The molecule has 1 N–H and O–H groups in total. The van der Waals surface area contributed by atoms with Gasteiger partial charge in [-0.15, -0.1) is 0 Å². The van der Waals surface area contributed by atoms with Gasteiger partial charge in [0.1, 0.15) is 0 Å². The highest BCUT2D eigenvalue weighted by Crippen LogP contribution is 2.21. The predicted molar refractivity (Wildman–Crippen MR) is 93.0 cm³/mol. The van der Waals surface area contributed by atoms with Gasteiger partial charge in [0.25, 0.3) is 0 Å². The van der Waals surface area contributed by atoms with Crippen LogP contribution >= 0.6 is 0 Å². The van der Waals surface area contributed by atoms with Gasteiger partial charge in [-0.1, -0.05) is 6.92 Å². The standard InChI is InChI=1S/C18H36O6/c1-4-18(2,3)17(20)24-16-8-15-23-14-7-13-22-12-6-11-21-10-5-9-19/h19H,4-16H2,1-3H3. The number of carbonyl (C=O) groups excluding carboxylic acids is 1. The van der Waals surface area contributed by atoms with E-state index in [-0.39, 0.29) is 12.6 Å². The van der Waals surface area contributed by atoms with E-state index in [0.29, 0.717) is 52.7 Å². The third-order valence-corrected chi connectivity index (χ3v) is 3.70. The van der Waals surface area contributed by atoms with Gasteiger partial charge in [0.05, 0.1) is 12.0 Å². The average molecular weight is 348 g/mol. The van der Waals surface area contributed by atoms with Crippen molar-refractivity contribution in [1.29, 1.82) is 0 Å². The number of hydrogen-bond acceptors (Lipinski definition) is 6. The molecule has 24 heavy (non-hydrogen) atoms. The minimum Gasteiger partial charge on any atom is -0.465 e. The first-order chi connectivity index (χ1) is 11.5. The molecule has 0 heterocycles. The van der Waals surface area contributed by atoms with Crippen LogP contribution in [0.15, 0.2) is 0 Å². The number of carbonyl (C=O) groups is 1. The van der Waals surface area contributed by atoms with Gasteiger partial charge in [-0.3, -0.25) is 4.79 Å². The topological polar surface area (TPSA) is 74.2 Å². The van der Waals surface area contributed by atoms with Crippen LogP contribution in [-0.4, -0.2) is 63.9 Å².